The zero-order valence-electron chi connectivity index (χ0n) is 8.42. The van der Waals surface area contributed by atoms with Crippen molar-refractivity contribution in [1.29, 1.82) is 0 Å². The third-order valence-electron chi connectivity index (χ3n) is 2.00. The van der Waals surface area contributed by atoms with Crippen LogP contribution in [0.1, 0.15) is 17.4 Å². The van der Waals surface area contributed by atoms with Crippen molar-refractivity contribution < 1.29 is 9.90 Å². The molecule has 0 aliphatic heterocycles. The van der Waals surface area contributed by atoms with Crippen LogP contribution in [0.4, 0.5) is 0 Å². The quantitative estimate of drug-likeness (QED) is 0.854. The maximum absolute atomic E-state index is 11.6. The summed E-state index contributed by atoms with van der Waals surface area (Å²) in [6.45, 7) is 1.59. The SMILES string of the molecule is C[C@@H](CO)NC(=O)c1cc(Cl)c(Cl)n1C. The zero-order chi connectivity index (χ0) is 11.6. The molecule has 1 aromatic rings. The normalized spacial score (nSPS) is 12.6. The molecule has 0 aliphatic carbocycles. The summed E-state index contributed by atoms with van der Waals surface area (Å²) in [6, 6.07) is 1.19. The summed E-state index contributed by atoms with van der Waals surface area (Å²) in [5.41, 5.74) is 0.366. The molecule has 1 aromatic heterocycles. The topological polar surface area (TPSA) is 54.3 Å². The van der Waals surface area contributed by atoms with E-state index in [-0.39, 0.29) is 18.6 Å². The van der Waals surface area contributed by atoms with Gasteiger partial charge in [0.05, 0.1) is 11.6 Å². The highest BCUT2D eigenvalue weighted by atomic mass is 35.5. The Hall–Kier alpha value is -0.710. The van der Waals surface area contributed by atoms with Crippen LogP contribution in [0.3, 0.4) is 0 Å². The minimum absolute atomic E-state index is 0.113. The van der Waals surface area contributed by atoms with Crippen LogP contribution in [-0.2, 0) is 7.05 Å². The Morgan fingerprint density at radius 2 is 2.27 bits per heavy atom. The largest absolute Gasteiger partial charge is 0.394 e. The van der Waals surface area contributed by atoms with Crippen LogP contribution in [0.15, 0.2) is 6.07 Å². The van der Waals surface area contributed by atoms with Crippen LogP contribution in [-0.4, -0.2) is 28.2 Å². The molecule has 0 saturated heterocycles. The number of carbonyl (C=O) groups excluding carboxylic acids is 1. The lowest BCUT2D eigenvalue weighted by Gasteiger charge is -2.11. The fraction of sp³-hybridized carbons (Fsp3) is 0.444. The van der Waals surface area contributed by atoms with Gasteiger partial charge in [0.15, 0.2) is 0 Å². The minimum Gasteiger partial charge on any atom is -0.394 e. The molecule has 1 rings (SSSR count). The highest BCUT2D eigenvalue weighted by Crippen LogP contribution is 2.24. The Morgan fingerprint density at radius 1 is 1.67 bits per heavy atom. The number of aromatic nitrogens is 1. The van der Waals surface area contributed by atoms with Gasteiger partial charge in [0.1, 0.15) is 10.8 Å². The summed E-state index contributed by atoms with van der Waals surface area (Å²) in [4.78, 5) is 11.6. The van der Waals surface area contributed by atoms with E-state index in [0.717, 1.165) is 0 Å². The van der Waals surface area contributed by atoms with E-state index in [1.165, 1.54) is 10.6 Å². The van der Waals surface area contributed by atoms with Gasteiger partial charge < -0.3 is 15.0 Å². The van der Waals surface area contributed by atoms with Gasteiger partial charge in [-0.1, -0.05) is 23.2 Å². The molecule has 6 heteroatoms. The molecule has 84 valence electrons. The summed E-state index contributed by atoms with van der Waals surface area (Å²) in [6.07, 6.45) is 0. The van der Waals surface area contributed by atoms with E-state index in [0.29, 0.717) is 15.9 Å². The van der Waals surface area contributed by atoms with Crippen molar-refractivity contribution in [3.05, 3.63) is 21.9 Å². The van der Waals surface area contributed by atoms with Gasteiger partial charge in [0.2, 0.25) is 0 Å². The molecule has 0 fully saturated rings. The van der Waals surface area contributed by atoms with Gasteiger partial charge in [-0.15, -0.1) is 0 Å². The maximum atomic E-state index is 11.6. The lowest BCUT2D eigenvalue weighted by Crippen LogP contribution is -2.35. The second-order valence-electron chi connectivity index (χ2n) is 3.28. The molecule has 0 aliphatic rings. The first-order valence-corrected chi connectivity index (χ1v) is 5.15. The molecule has 0 unspecified atom stereocenters. The first-order valence-electron chi connectivity index (χ1n) is 4.39. The second kappa shape index (κ2) is 4.88. The Morgan fingerprint density at radius 3 is 2.67 bits per heavy atom. The highest BCUT2D eigenvalue weighted by molar-refractivity contribution is 6.41. The highest BCUT2D eigenvalue weighted by Gasteiger charge is 2.16. The molecule has 0 radical (unpaired) electrons. The van der Waals surface area contributed by atoms with E-state index >= 15 is 0 Å². The van der Waals surface area contributed by atoms with Crippen molar-refractivity contribution in [2.24, 2.45) is 7.05 Å². The number of carbonyl (C=O) groups is 1. The molecule has 0 bridgehead atoms. The number of hydrogen-bond donors (Lipinski definition) is 2. The number of amides is 1. The molecule has 0 saturated carbocycles. The molecule has 4 nitrogen and oxygen atoms in total. The minimum atomic E-state index is -0.312. The molecule has 1 heterocycles. The second-order valence-corrected chi connectivity index (χ2v) is 4.05. The number of aliphatic hydroxyl groups is 1. The van der Waals surface area contributed by atoms with Crippen molar-refractivity contribution in [3.8, 4) is 0 Å². The number of nitrogens with zero attached hydrogens (tertiary/aromatic N) is 1. The summed E-state index contributed by atoms with van der Waals surface area (Å²) >= 11 is 11.6. The predicted molar refractivity (Wildman–Crippen MR) is 59.4 cm³/mol. The third kappa shape index (κ3) is 2.65. The van der Waals surface area contributed by atoms with Crippen LogP contribution in [0.2, 0.25) is 10.2 Å². The number of halogens is 2. The Balaban J connectivity index is 2.87. The molecule has 1 amide bonds. The van der Waals surface area contributed by atoms with Crippen LogP contribution >= 0.6 is 23.2 Å². The first kappa shape index (κ1) is 12.4. The molecular weight excluding hydrogens is 239 g/mol. The predicted octanol–water partition coefficient (Wildman–Crippen LogP) is 1.44. The summed E-state index contributed by atoms with van der Waals surface area (Å²) in [5, 5.41) is 12.0. The summed E-state index contributed by atoms with van der Waals surface area (Å²) < 4.78 is 1.49. The van der Waals surface area contributed by atoms with Gasteiger partial charge >= 0.3 is 0 Å². The molecule has 15 heavy (non-hydrogen) atoms. The van der Waals surface area contributed by atoms with Crippen molar-refractivity contribution in [1.82, 2.24) is 9.88 Å². The van der Waals surface area contributed by atoms with Gasteiger partial charge in [-0.3, -0.25) is 4.79 Å². The molecule has 2 N–H and O–H groups in total. The summed E-state index contributed by atoms with van der Waals surface area (Å²) in [5.74, 6) is -0.312. The van der Waals surface area contributed by atoms with E-state index in [9.17, 15) is 4.79 Å². The Bertz CT molecular complexity index is 376. The van der Waals surface area contributed by atoms with Crippen LogP contribution < -0.4 is 5.32 Å². The van der Waals surface area contributed by atoms with E-state index in [4.69, 9.17) is 28.3 Å². The lowest BCUT2D eigenvalue weighted by atomic mass is 10.3. The lowest BCUT2D eigenvalue weighted by molar-refractivity contribution is 0.0914. The smallest absolute Gasteiger partial charge is 0.268 e. The molecular formula is C9H12Cl2N2O2. The number of rotatable bonds is 3. The Kier molecular flexibility index (Phi) is 4.02. The fourth-order valence-electron chi connectivity index (χ4n) is 1.10. The van der Waals surface area contributed by atoms with E-state index in [1.807, 2.05) is 0 Å². The number of aliphatic hydroxyl groups excluding tert-OH is 1. The van der Waals surface area contributed by atoms with Crippen LogP contribution in [0.5, 0.6) is 0 Å². The fourth-order valence-corrected chi connectivity index (χ4v) is 1.48. The monoisotopic (exact) mass is 250 g/mol. The van der Waals surface area contributed by atoms with E-state index < -0.39 is 0 Å². The number of hydrogen-bond acceptors (Lipinski definition) is 2. The van der Waals surface area contributed by atoms with E-state index in [2.05, 4.69) is 5.32 Å². The summed E-state index contributed by atoms with van der Waals surface area (Å²) in [7, 11) is 1.65. The van der Waals surface area contributed by atoms with Gasteiger partial charge in [0, 0.05) is 13.1 Å². The Labute approximate surface area is 97.8 Å². The van der Waals surface area contributed by atoms with Crippen LogP contribution in [0, 0.1) is 0 Å². The number of nitrogens with one attached hydrogen (secondary N) is 1. The molecule has 0 aromatic carbocycles. The van der Waals surface area contributed by atoms with Crippen LogP contribution in [0.25, 0.3) is 0 Å². The van der Waals surface area contributed by atoms with Gasteiger partial charge in [-0.05, 0) is 13.0 Å². The van der Waals surface area contributed by atoms with Gasteiger partial charge in [-0.2, -0.15) is 0 Å². The average Bonchev–Trinajstić information content (AvgIpc) is 2.45. The third-order valence-corrected chi connectivity index (χ3v) is 2.84. The average molecular weight is 251 g/mol. The maximum Gasteiger partial charge on any atom is 0.268 e. The first-order chi connectivity index (χ1) is 6.97. The van der Waals surface area contributed by atoms with Gasteiger partial charge in [-0.25, -0.2) is 0 Å². The van der Waals surface area contributed by atoms with Crippen molar-refractivity contribution >= 4 is 29.1 Å². The standard InChI is InChI=1S/C9H12Cl2N2O2/c1-5(4-14)12-9(15)7-3-6(10)8(11)13(7)2/h3,5,14H,4H2,1-2H3,(H,12,15)/t5-/m0/s1. The van der Waals surface area contributed by atoms with E-state index in [1.54, 1.807) is 14.0 Å². The van der Waals surface area contributed by atoms with Gasteiger partial charge in [0.25, 0.3) is 5.91 Å². The van der Waals surface area contributed by atoms with Crippen molar-refractivity contribution in [3.63, 3.8) is 0 Å². The molecule has 1 atom stereocenters. The van der Waals surface area contributed by atoms with Crippen molar-refractivity contribution in [2.75, 3.05) is 6.61 Å². The van der Waals surface area contributed by atoms with Crippen molar-refractivity contribution in [2.45, 2.75) is 13.0 Å². The zero-order valence-corrected chi connectivity index (χ0v) is 9.93. The molecule has 0 spiro atoms.